The lowest BCUT2D eigenvalue weighted by molar-refractivity contribution is 0.179. The van der Waals surface area contributed by atoms with Crippen molar-refractivity contribution in [2.75, 3.05) is 13.7 Å². The molecule has 0 heterocycles. The Hall–Kier alpha value is -0.930. The number of hydrogen-bond donors (Lipinski definition) is 3. The third-order valence-electron chi connectivity index (χ3n) is 2.52. The van der Waals surface area contributed by atoms with E-state index in [1.165, 1.54) is 6.07 Å². The Morgan fingerprint density at radius 3 is 2.85 bits per heavy atom. The van der Waals surface area contributed by atoms with E-state index in [-0.39, 0.29) is 42.2 Å². The molecule has 7 heteroatoms. The maximum Gasteiger partial charge on any atom is 0.189 e. The van der Waals surface area contributed by atoms with Crippen molar-refractivity contribution < 1.29 is 14.2 Å². The number of halogens is 2. The highest BCUT2D eigenvalue weighted by molar-refractivity contribution is 14.0. The van der Waals surface area contributed by atoms with Gasteiger partial charge in [-0.15, -0.1) is 24.0 Å². The average molecular weight is 397 g/mol. The molecule has 1 rings (SSSR count). The van der Waals surface area contributed by atoms with Crippen molar-refractivity contribution in [1.82, 2.24) is 5.32 Å². The Balaban J connectivity index is 0.00000361. The summed E-state index contributed by atoms with van der Waals surface area (Å²) in [5.41, 5.74) is 6.76. The molecule has 0 aliphatic rings. The highest BCUT2D eigenvalue weighted by Gasteiger charge is 2.04. The van der Waals surface area contributed by atoms with Gasteiger partial charge in [0.1, 0.15) is 5.82 Å². The molecule has 0 radical (unpaired) electrons. The van der Waals surface area contributed by atoms with Crippen LogP contribution < -0.4 is 11.1 Å². The molecule has 0 fully saturated rings. The monoisotopic (exact) mass is 397 g/mol. The molecule has 1 aromatic rings. The predicted octanol–water partition coefficient (Wildman–Crippen LogP) is 1.38. The van der Waals surface area contributed by atoms with Gasteiger partial charge in [-0.1, -0.05) is 6.07 Å². The number of ether oxygens (including phenoxy) is 1. The van der Waals surface area contributed by atoms with Gasteiger partial charge >= 0.3 is 0 Å². The Kier molecular flexibility index (Phi) is 9.43. The van der Waals surface area contributed by atoms with Gasteiger partial charge in [-0.25, -0.2) is 9.38 Å². The number of aliphatic hydroxyl groups excluding tert-OH is 1. The smallest absolute Gasteiger partial charge is 0.189 e. The van der Waals surface area contributed by atoms with Crippen LogP contribution >= 0.6 is 24.0 Å². The first-order valence-electron chi connectivity index (χ1n) is 6.00. The number of hydrogen-bond acceptors (Lipinski definition) is 3. The Bertz CT molecular complexity index is 444. The molecule has 0 saturated carbocycles. The minimum atomic E-state index is -0.421. The van der Waals surface area contributed by atoms with Crippen molar-refractivity contribution in [2.45, 2.75) is 26.1 Å². The number of guanidine groups is 1. The van der Waals surface area contributed by atoms with Gasteiger partial charge < -0.3 is 20.9 Å². The van der Waals surface area contributed by atoms with Gasteiger partial charge in [0, 0.05) is 18.7 Å². The third-order valence-corrected chi connectivity index (χ3v) is 2.52. The van der Waals surface area contributed by atoms with Crippen LogP contribution in [-0.2, 0) is 17.9 Å². The van der Waals surface area contributed by atoms with Crippen LogP contribution in [-0.4, -0.2) is 30.8 Å². The summed E-state index contributed by atoms with van der Waals surface area (Å²) in [7, 11) is 1.61. The zero-order chi connectivity index (χ0) is 14.3. The summed E-state index contributed by atoms with van der Waals surface area (Å²) in [5.74, 6) is -0.116. The van der Waals surface area contributed by atoms with Crippen LogP contribution in [0.2, 0.25) is 0 Å². The average Bonchev–Trinajstić information content (AvgIpc) is 2.38. The van der Waals surface area contributed by atoms with E-state index in [2.05, 4.69) is 10.3 Å². The van der Waals surface area contributed by atoms with Crippen LogP contribution in [0, 0.1) is 5.82 Å². The summed E-state index contributed by atoms with van der Waals surface area (Å²) < 4.78 is 18.1. The van der Waals surface area contributed by atoms with Crippen LogP contribution in [0.15, 0.2) is 23.2 Å². The molecular weight excluding hydrogens is 376 g/mol. The lowest BCUT2D eigenvalue weighted by Crippen LogP contribution is -2.40. The zero-order valence-electron chi connectivity index (χ0n) is 11.6. The largest absolute Gasteiger partial charge is 0.392 e. The molecule has 0 aliphatic carbocycles. The molecule has 1 aromatic carbocycles. The number of aliphatic hydroxyl groups is 1. The van der Waals surface area contributed by atoms with E-state index in [1.54, 1.807) is 19.2 Å². The number of nitrogens with one attached hydrogen (secondary N) is 1. The van der Waals surface area contributed by atoms with E-state index in [4.69, 9.17) is 15.6 Å². The Morgan fingerprint density at radius 2 is 2.25 bits per heavy atom. The van der Waals surface area contributed by atoms with Gasteiger partial charge in [0.25, 0.3) is 0 Å². The molecule has 0 amide bonds. The summed E-state index contributed by atoms with van der Waals surface area (Å²) in [6.07, 6.45) is 0. The second-order valence-corrected chi connectivity index (χ2v) is 4.29. The van der Waals surface area contributed by atoms with Crippen molar-refractivity contribution >= 4 is 29.9 Å². The predicted molar refractivity (Wildman–Crippen MR) is 87.5 cm³/mol. The quantitative estimate of drug-likeness (QED) is 0.385. The topological polar surface area (TPSA) is 79.9 Å². The Morgan fingerprint density at radius 1 is 1.55 bits per heavy atom. The maximum absolute atomic E-state index is 13.2. The second kappa shape index (κ2) is 9.89. The van der Waals surface area contributed by atoms with E-state index < -0.39 is 5.82 Å². The highest BCUT2D eigenvalue weighted by atomic mass is 127. The van der Waals surface area contributed by atoms with Gasteiger partial charge in [0.05, 0.1) is 19.8 Å². The first kappa shape index (κ1) is 19.1. The molecule has 1 atom stereocenters. The lowest BCUT2D eigenvalue weighted by atomic mass is 10.1. The lowest BCUT2D eigenvalue weighted by Gasteiger charge is -2.13. The minimum absolute atomic E-state index is 0. The van der Waals surface area contributed by atoms with Crippen LogP contribution in [0.1, 0.15) is 18.1 Å². The number of benzene rings is 1. The fraction of sp³-hybridized carbons (Fsp3) is 0.462. The van der Waals surface area contributed by atoms with Gasteiger partial charge in [-0.3, -0.25) is 0 Å². The fourth-order valence-corrected chi connectivity index (χ4v) is 1.61. The molecular formula is C13H21FIN3O2. The van der Waals surface area contributed by atoms with E-state index >= 15 is 0 Å². The number of aliphatic imine (C=N–C) groups is 1. The van der Waals surface area contributed by atoms with E-state index in [0.717, 1.165) is 5.56 Å². The van der Waals surface area contributed by atoms with Crippen molar-refractivity contribution in [1.29, 1.82) is 0 Å². The van der Waals surface area contributed by atoms with Crippen molar-refractivity contribution in [3.05, 3.63) is 35.1 Å². The molecule has 0 aliphatic heterocycles. The highest BCUT2D eigenvalue weighted by Crippen LogP contribution is 2.11. The molecule has 0 bridgehead atoms. The van der Waals surface area contributed by atoms with Crippen molar-refractivity contribution in [2.24, 2.45) is 10.7 Å². The van der Waals surface area contributed by atoms with E-state index in [0.29, 0.717) is 19.1 Å². The molecule has 0 saturated heterocycles. The number of nitrogens with zero attached hydrogens (tertiary/aromatic N) is 1. The van der Waals surface area contributed by atoms with Gasteiger partial charge in [0.2, 0.25) is 0 Å². The molecule has 0 aromatic heterocycles. The van der Waals surface area contributed by atoms with Gasteiger partial charge in [-0.05, 0) is 24.6 Å². The summed E-state index contributed by atoms with van der Waals surface area (Å²) in [6, 6.07) is 4.57. The number of nitrogens with two attached hydrogens (primary N) is 1. The van der Waals surface area contributed by atoms with Crippen LogP contribution in [0.3, 0.4) is 0 Å². The normalized spacial score (nSPS) is 12.7. The van der Waals surface area contributed by atoms with Crippen molar-refractivity contribution in [3.8, 4) is 0 Å². The first-order valence-corrected chi connectivity index (χ1v) is 6.00. The van der Waals surface area contributed by atoms with Crippen LogP contribution in [0.5, 0.6) is 0 Å². The van der Waals surface area contributed by atoms with Crippen LogP contribution in [0.4, 0.5) is 4.39 Å². The third kappa shape index (κ3) is 6.49. The second-order valence-electron chi connectivity index (χ2n) is 4.29. The summed E-state index contributed by atoms with van der Waals surface area (Å²) in [4.78, 5) is 4.15. The summed E-state index contributed by atoms with van der Waals surface area (Å²) in [6.45, 7) is 2.45. The minimum Gasteiger partial charge on any atom is -0.392 e. The summed E-state index contributed by atoms with van der Waals surface area (Å²) >= 11 is 0. The van der Waals surface area contributed by atoms with E-state index in [9.17, 15) is 4.39 Å². The van der Waals surface area contributed by atoms with Gasteiger partial charge in [-0.2, -0.15) is 0 Å². The molecule has 0 spiro atoms. The fourth-order valence-electron chi connectivity index (χ4n) is 1.61. The standard InChI is InChI=1S/C13H20FN3O2.HI/c1-9(8-19-2)17-13(15)16-6-10-3-4-12(14)11(5-10)7-18;/h3-5,9,18H,6-8H2,1-2H3,(H3,15,16,17);1H. The molecule has 1 unspecified atom stereocenters. The zero-order valence-corrected chi connectivity index (χ0v) is 13.9. The van der Waals surface area contributed by atoms with Crippen LogP contribution in [0.25, 0.3) is 0 Å². The maximum atomic E-state index is 13.2. The first-order chi connectivity index (χ1) is 9.06. The number of rotatable bonds is 6. The SMILES string of the molecule is COCC(C)NC(N)=NCc1ccc(F)c(CO)c1.I. The number of methoxy groups -OCH3 is 1. The molecule has 114 valence electrons. The molecule has 5 nitrogen and oxygen atoms in total. The molecule has 4 N–H and O–H groups in total. The molecule has 20 heavy (non-hydrogen) atoms. The van der Waals surface area contributed by atoms with Gasteiger partial charge in [0.15, 0.2) is 5.96 Å². The summed E-state index contributed by atoms with van der Waals surface area (Å²) in [5, 5.41) is 11.9. The Labute approximate surface area is 135 Å². The van der Waals surface area contributed by atoms with E-state index in [1.807, 2.05) is 6.92 Å². The van der Waals surface area contributed by atoms with Crippen molar-refractivity contribution in [3.63, 3.8) is 0 Å².